The van der Waals surface area contributed by atoms with Crippen molar-refractivity contribution >= 4 is 17.3 Å². The van der Waals surface area contributed by atoms with Crippen LogP contribution < -0.4 is 11.1 Å². The van der Waals surface area contributed by atoms with Crippen LogP contribution in [0.4, 0.5) is 20.2 Å². The molecule has 0 aliphatic heterocycles. The fraction of sp³-hybridized carbons (Fsp3) is 0.188. The van der Waals surface area contributed by atoms with Crippen LogP contribution in [-0.4, -0.2) is 5.91 Å². The summed E-state index contributed by atoms with van der Waals surface area (Å²) in [5.74, 6) is -2.13. The molecule has 108 valence electrons. The molecule has 2 aromatic carbocycles. The van der Waals surface area contributed by atoms with Crippen LogP contribution in [0.15, 0.2) is 42.5 Å². The second-order valence-corrected chi connectivity index (χ2v) is 5.29. The van der Waals surface area contributed by atoms with Crippen LogP contribution >= 0.6 is 0 Å². The summed E-state index contributed by atoms with van der Waals surface area (Å²) in [6.07, 6.45) is 1.46. The zero-order valence-electron chi connectivity index (χ0n) is 11.2. The van der Waals surface area contributed by atoms with E-state index in [4.69, 9.17) is 5.73 Å². The molecule has 0 bridgehead atoms. The van der Waals surface area contributed by atoms with Crippen molar-refractivity contribution in [3.63, 3.8) is 0 Å². The molecule has 0 unspecified atom stereocenters. The van der Waals surface area contributed by atoms with Gasteiger partial charge in [0, 0.05) is 17.4 Å². The highest BCUT2D eigenvalue weighted by Crippen LogP contribution is 2.49. The van der Waals surface area contributed by atoms with Crippen LogP contribution in [0.2, 0.25) is 0 Å². The Labute approximate surface area is 120 Å². The molecule has 0 saturated heterocycles. The smallest absolute Gasteiger partial charge is 0.235 e. The van der Waals surface area contributed by atoms with E-state index in [0.717, 1.165) is 30.5 Å². The van der Waals surface area contributed by atoms with Crippen molar-refractivity contribution in [2.75, 3.05) is 11.1 Å². The topological polar surface area (TPSA) is 55.1 Å². The summed E-state index contributed by atoms with van der Waals surface area (Å²) in [5.41, 5.74) is 6.83. The van der Waals surface area contributed by atoms with Gasteiger partial charge < -0.3 is 11.1 Å². The zero-order valence-corrected chi connectivity index (χ0v) is 11.2. The van der Waals surface area contributed by atoms with E-state index in [1.165, 1.54) is 6.07 Å². The van der Waals surface area contributed by atoms with Gasteiger partial charge in [-0.05, 0) is 42.7 Å². The van der Waals surface area contributed by atoms with Gasteiger partial charge in [-0.1, -0.05) is 12.1 Å². The van der Waals surface area contributed by atoms with Gasteiger partial charge in [0.2, 0.25) is 5.91 Å². The largest absolute Gasteiger partial charge is 0.399 e. The molecule has 0 radical (unpaired) electrons. The zero-order chi connectivity index (χ0) is 15.0. The van der Waals surface area contributed by atoms with E-state index in [9.17, 15) is 13.6 Å². The Hall–Kier alpha value is -2.43. The van der Waals surface area contributed by atoms with Gasteiger partial charge >= 0.3 is 0 Å². The first-order chi connectivity index (χ1) is 10.0. The second kappa shape index (κ2) is 4.84. The highest BCUT2D eigenvalue weighted by Gasteiger charge is 2.51. The van der Waals surface area contributed by atoms with Crippen molar-refractivity contribution in [2.45, 2.75) is 18.3 Å². The number of nitrogens with two attached hydrogens (primary N) is 1. The molecule has 3 N–H and O–H groups in total. The Kier molecular flexibility index (Phi) is 3.12. The van der Waals surface area contributed by atoms with Gasteiger partial charge in [-0.25, -0.2) is 8.78 Å². The SMILES string of the molecule is Nc1ccc(C2(C(=O)Nc3ccc(F)c(F)c3)CC2)cc1. The highest BCUT2D eigenvalue weighted by atomic mass is 19.2. The van der Waals surface area contributed by atoms with Crippen molar-refractivity contribution in [2.24, 2.45) is 0 Å². The molecule has 3 nitrogen and oxygen atoms in total. The van der Waals surface area contributed by atoms with Crippen LogP contribution in [-0.2, 0) is 10.2 Å². The summed E-state index contributed by atoms with van der Waals surface area (Å²) in [6, 6.07) is 10.5. The fourth-order valence-corrected chi connectivity index (χ4v) is 2.40. The molecule has 2 aromatic rings. The maximum atomic E-state index is 13.2. The lowest BCUT2D eigenvalue weighted by Crippen LogP contribution is -2.27. The molecular weight excluding hydrogens is 274 g/mol. The third-order valence-corrected chi connectivity index (χ3v) is 3.83. The van der Waals surface area contributed by atoms with Crippen molar-refractivity contribution in [1.29, 1.82) is 0 Å². The lowest BCUT2D eigenvalue weighted by atomic mass is 9.94. The average molecular weight is 288 g/mol. The standard InChI is InChI=1S/C16H14F2N2O/c17-13-6-5-12(9-14(13)18)20-15(21)16(7-8-16)10-1-3-11(19)4-2-10/h1-6,9H,7-8,19H2,(H,20,21). The van der Waals surface area contributed by atoms with Crippen molar-refractivity contribution in [3.05, 3.63) is 59.7 Å². The second-order valence-electron chi connectivity index (χ2n) is 5.29. The van der Waals surface area contributed by atoms with Crippen LogP contribution in [0, 0.1) is 11.6 Å². The summed E-state index contributed by atoms with van der Waals surface area (Å²) in [6.45, 7) is 0. The minimum atomic E-state index is -0.981. The summed E-state index contributed by atoms with van der Waals surface area (Å²) in [7, 11) is 0. The summed E-state index contributed by atoms with van der Waals surface area (Å²) < 4.78 is 26.1. The molecular formula is C16H14F2N2O. The van der Waals surface area contributed by atoms with E-state index < -0.39 is 17.0 Å². The van der Waals surface area contributed by atoms with E-state index in [1.807, 2.05) is 12.1 Å². The number of carbonyl (C=O) groups is 1. The molecule has 1 aliphatic carbocycles. The van der Waals surface area contributed by atoms with Gasteiger partial charge in [-0.2, -0.15) is 0 Å². The van der Waals surface area contributed by atoms with Crippen molar-refractivity contribution < 1.29 is 13.6 Å². The molecule has 1 fully saturated rings. The molecule has 21 heavy (non-hydrogen) atoms. The number of nitrogens with one attached hydrogen (secondary N) is 1. The molecule has 5 heteroatoms. The molecule has 1 amide bonds. The molecule has 0 aromatic heterocycles. The molecule has 0 heterocycles. The van der Waals surface area contributed by atoms with E-state index in [2.05, 4.69) is 5.32 Å². The van der Waals surface area contributed by atoms with Crippen molar-refractivity contribution in [3.8, 4) is 0 Å². The lowest BCUT2D eigenvalue weighted by molar-refractivity contribution is -0.118. The van der Waals surface area contributed by atoms with Crippen LogP contribution in [0.3, 0.4) is 0 Å². The quantitative estimate of drug-likeness (QED) is 0.852. The number of hydrogen-bond donors (Lipinski definition) is 2. The summed E-state index contributed by atoms with van der Waals surface area (Å²) in [5, 5.41) is 2.65. The van der Waals surface area contributed by atoms with Crippen LogP contribution in [0.5, 0.6) is 0 Å². The van der Waals surface area contributed by atoms with Crippen LogP contribution in [0.25, 0.3) is 0 Å². The Morgan fingerprint density at radius 1 is 1.05 bits per heavy atom. The average Bonchev–Trinajstić information content (AvgIpc) is 3.25. The maximum Gasteiger partial charge on any atom is 0.235 e. The first-order valence-corrected chi connectivity index (χ1v) is 6.64. The molecule has 1 saturated carbocycles. The number of amides is 1. The first kappa shape index (κ1) is 13.5. The van der Waals surface area contributed by atoms with Gasteiger partial charge in [0.1, 0.15) is 0 Å². The lowest BCUT2D eigenvalue weighted by Gasteiger charge is -2.16. The fourth-order valence-electron chi connectivity index (χ4n) is 2.40. The monoisotopic (exact) mass is 288 g/mol. The predicted molar refractivity (Wildman–Crippen MR) is 76.8 cm³/mol. The number of rotatable bonds is 3. The minimum Gasteiger partial charge on any atom is -0.399 e. The first-order valence-electron chi connectivity index (χ1n) is 6.64. The summed E-state index contributed by atoms with van der Waals surface area (Å²) >= 11 is 0. The number of benzene rings is 2. The van der Waals surface area contributed by atoms with Gasteiger partial charge in [-0.15, -0.1) is 0 Å². The minimum absolute atomic E-state index is 0.210. The highest BCUT2D eigenvalue weighted by molar-refractivity contribution is 6.01. The number of anilines is 2. The predicted octanol–water partition coefficient (Wildman–Crippen LogP) is 3.22. The summed E-state index contributed by atoms with van der Waals surface area (Å²) in [4.78, 5) is 12.4. The Bertz CT molecular complexity index is 694. The maximum absolute atomic E-state index is 13.2. The Morgan fingerprint density at radius 3 is 2.29 bits per heavy atom. The Morgan fingerprint density at radius 2 is 1.71 bits per heavy atom. The molecule has 0 spiro atoms. The van der Waals surface area contributed by atoms with Gasteiger partial charge in [-0.3, -0.25) is 4.79 Å². The third-order valence-electron chi connectivity index (χ3n) is 3.83. The normalized spacial score (nSPS) is 15.5. The number of carbonyl (C=O) groups excluding carboxylic acids is 1. The molecule has 0 atom stereocenters. The van der Waals surface area contributed by atoms with E-state index in [-0.39, 0.29) is 11.6 Å². The van der Waals surface area contributed by atoms with Gasteiger partial charge in [0.15, 0.2) is 11.6 Å². The number of hydrogen-bond acceptors (Lipinski definition) is 2. The number of nitrogen functional groups attached to an aromatic ring is 1. The van der Waals surface area contributed by atoms with Gasteiger partial charge in [0.05, 0.1) is 5.41 Å². The molecule has 3 rings (SSSR count). The Balaban J connectivity index is 1.81. The number of halogens is 2. The van der Waals surface area contributed by atoms with E-state index in [1.54, 1.807) is 12.1 Å². The van der Waals surface area contributed by atoms with Crippen LogP contribution in [0.1, 0.15) is 18.4 Å². The molecule has 1 aliphatic rings. The van der Waals surface area contributed by atoms with E-state index in [0.29, 0.717) is 5.69 Å². The van der Waals surface area contributed by atoms with E-state index >= 15 is 0 Å². The third kappa shape index (κ3) is 2.46. The van der Waals surface area contributed by atoms with Gasteiger partial charge in [0.25, 0.3) is 0 Å². The van der Waals surface area contributed by atoms with Crippen molar-refractivity contribution in [1.82, 2.24) is 0 Å².